The van der Waals surface area contributed by atoms with E-state index in [0.717, 1.165) is 0 Å². The van der Waals surface area contributed by atoms with Crippen LogP contribution in [0.2, 0.25) is 0 Å². The molecule has 2 amide bonds. The summed E-state index contributed by atoms with van der Waals surface area (Å²) in [6.07, 6.45) is 1.52. The predicted molar refractivity (Wildman–Crippen MR) is 81.4 cm³/mol. The molecule has 122 valence electrons. The molecule has 0 aromatic rings. The molecule has 0 aromatic heterocycles. The summed E-state index contributed by atoms with van der Waals surface area (Å²) in [6, 6.07) is -0.735. The molecule has 7 nitrogen and oxygen atoms in total. The Morgan fingerprint density at radius 3 is 2.38 bits per heavy atom. The Kier molecular flexibility index (Phi) is 8.84. The number of thioether (sulfide) groups is 1. The summed E-state index contributed by atoms with van der Waals surface area (Å²) in [7, 11) is 0. The largest absolute Gasteiger partial charge is 0.481 e. The molecule has 0 fully saturated rings. The number of hydrogen-bond acceptors (Lipinski definition) is 5. The number of ether oxygens (including phenoxy) is 1. The molecule has 0 radical (unpaired) electrons. The third kappa shape index (κ3) is 10.9. The zero-order valence-electron chi connectivity index (χ0n) is 12.9. The highest BCUT2D eigenvalue weighted by Crippen LogP contribution is 2.08. The van der Waals surface area contributed by atoms with Gasteiger partial charge in [0, 0.05) is 6.54 Å². The van der Waals surface area contributed by atoms with Crippen LogP contribution in [0.25, 0.3) is 0 Å². The van der Waals surface area contributed by atoms with E-state index in [0.29, 0.717) is 12.2 Å². The van der Waals surface area contributed by atoms with Gasteiger partial charge < -0.3 is 20.5 Å². The highest BCUT2D eigenvalue weighted by molar-refractivity contribution is 7.98. The van der Waals surface area contributed by atoms with Gasteiger partial charge in [0.2, 0.25) is 5.91 Å². The van der Waals surface area contributed by atoms with Gasteiger partial charge in [0.1, 0.15) is 11.6 Å². The fraction of sp³-hybridized carbons (Fsp3) is 0.769. The third-order valence-electron chi connectivity index (χ3n) is 2.26. The van der Waals surface area contributed by atoms with Crippen molar-refractivity contribution in [2.45, 2.75) is 45.3 Å². The molecule has 0 saturated carbocycles. The lowest BCUT2D eigenvalue weighted by Crippen LogP contribution is -2.48. The van der Waals surface area contributed by atoms with Crippen molar-refractivity contribution in [3.8, 4) is 0 Å². The van der Waals surface area contributed by atoms with Gasteiger partial charge in [-0.25, -0.2) is 4.79 Å². The van der Waals surface area contributed by atoms with E-state index < -0.39 is 29.6 Å². The molecule has 1 atom stereocenters. The highest BCUT2D eigenvalue weighted by atomic mass is 32.2. The van der Waals surface area contributed by atoms with E-state index in [1.807, 2.05) is 6.26 Å². The molecular weight excluding hydrogens is 296 g/mol. The average molecular weight is 320 g/mol. The Morgan fingerprint density at radius 1 is 1.29 bits per heavy atom. The molecule has 0 spiro atoms. The SMILES string of the molecule is CSCCC(NC(=O)OC(C)(C)C)C(=O)NCCC(=O)O. The molecule has 0 bridgehead atoms. The van der Waals surface area contributed by atoms with Crippen LogP contribution in [-0.4, -0.2) is 53.3 Å². The van der Waals surface area contributed by atoms with Crippen LogP contribution in [-0.2, 0) is 14.3 Å². The number of alkyl carbamates (subject to hydrolysis) is 1. The van der Waals surface area contributed by atoms with Gasteiger partial charge in [0.15, 0.2) is 0 Å². The van der Waals surface area contributed by atoms with Gasteiger partial charge in [-0.2, -0.15) is 11.8 Å². The number of carbonyl (C=O) groups excluding carboxylic acids is 2. The predicted octanol–water partition coefficient (Wildman–Crippen LogP) is 1.22. The lowest BCUT2D eigenvalue weighted by Gasteiger charge is -2.23. The lowest BCUT2D eigenvalue weighted by atomic mass is 10.2. The van der Waals surface area contributed by atoms with Crippen molar-refractivity contribution < 1.29 is 24.2 Å². The minimum Gasteiger partial charge on any atom is -0.481 e. The summed E-state index contributed by atoms with van der Waals surface area (Å²) in [4.78, 5) is 34.1. The van der Waals surface area contributed by atoms with Gasteiger partial charge in [0.25, 0.3) is 0 Å². The molecular formula is C13H24N2O5S. The first-order valence-electron chi connectivity index (χ1n) is 6.63. The van der Waals surface area contributed by atoms with Gasteiger partial charge in [-0.1, -0.05) is 0 Å². The van der Waals surface area contributed by atoms with Gasteiger partial charge in [0.05, 0.1) is 6.42 Å². The monoisotopic (exact) mass is 320 g/mol. The number of aliphatic carboxylic acids is 1. The smallest absolute Gasteiger partial charge is 0.408 e. The van der Waals surface area contributed by atoms with Gasteiger partial charge in [-0.05, 0) is 39.2 Å². The van der Waals surface area contributed by atoms with E-state index in [1.54, 1.807) is 32.5 Å². The standard InChI is InChI=1S/C13H24N2O5S/c1-13(2,3)20-12(19)15-9(6-8-21-4)11(18)14-7-5-10(16)17/h9H,5-8H2,1-4H3,(H,14,18)(H,15,19)(H,16,17). The number of carboxylic acid groups (broad SMARTS) is 1. The fourth-order valence-electron chi connectivity index (χ4n) is 1.37. The Labute approximate surface area is 129 Å². The summed E-state index contributed by atoms with van der Waals surface area (Å²) in [5, 5.41) is 13.5. The van der Waals surface area contributed by atoms with Crippen LogP contribution < -0.4 is 10.6 Å². The Morgan fingerprint density at radius 2 is 1.90 bits per heavy atom. The molecule has 0 heterocycles. The van der Waals surface area contributed by atoms with Gasteiger partial charge in [-0.15, -0.1) is 0 Å². The van der Waals surface area contributed by atoms with E-state index in [9.17, 15) is 14.4 Å². The van der Waals surface area contributed by atoms with E-state index in [1.165, 1.54) is 0 Å². The zero-order valence-corrected chi connectivity index (χ0v) is 13.7. The normalized spacial score (nSPS) is 12.4. The van der Waals surface area contributed by atoms with E-state index in [4.69, 9.17) is 9.84 Å². The van der Waals surface area contributed by atoms with Crippen LogP contribution in [0.4, 0.5) is 4.79 Å². The molecule has 0 saturated heterocycles. The van der Waals surface area contributed by atoms with Gasteiger partial charge in [-0.3, -0.25) is 9.59 Å². The van der Waals surface area contributed by atoms with Crippen LogP contribution >= 0.6 is 11.8 Å². The second-order valence-corrected chi connectivity index (χ2v) is 6.40. The second kappa shape index (κ2) is 9.49. The first-order valence-corrected chi connectivity index (χ1v) is 8.03. The van der Waals surface area contributed by atoms with Crippen molar-refractivity contribution in [2.24, 2.45) is 0 Å². The molecule has 21 heavy (non-hydrogen) atoms. The second-order valence-electron chi connectivity index (χ2n) is 5.42. The Hall–Kier alpha value is -1.44. The minimum atomic E-state index is -0.990. The topological polar surface area (TPSA) is 105 Å². The minimum absolute atomic E-state index is 0.0277. The lowest BCUT2D eigenvalue weighted by molar-refractivity contribution is -0.137. The summed E-state index contributed by atoms with van der Waals surface area (Å²) in [5.41, 5.74) is -0.645. The highest BCUT2D eigenvalue weighted by Gasteiger charge is 2.23. The molecule has 1 unspecified atom stereocenters. The van der Waals surface area contributed by atoms with Crippen molar-refractivity contribution in [3.05, 3.63) is 0 Å². The summed E-state index contributed by atoms with van der Waals surface area (Å²) in [6.45, 7) is 5.23. The van der Waals surface area contributed by atoms with Crippen molar-refractivity contribution in [2.75, 3.05) is 18.6 Å². The van der Waals surface area contributed by atoms with Crippen LogP contribution in [0.15, 0.2) is 0 Å². The molecule has 0 aromatic carbocycles. The number of carboxylic acids is 1. The van der Waals surface area contributed by atoms with Crippen molar-refractivity contribution in [3.63, 3.8) is 0 Å². The molecule has 0 aliphatic rings. The summed E-state index contributed by atoms with van der Waals surface area (Å²) in [5.74, 6) is -0.709. The molecule has 0 rings (SSSR count). The maximum atomic E-state index is 11.9. The Bertz CT molecular complexity index is 368. The van der Waals surface area contributed by atoms with Gasteiger partial charge >= 0.3 is 12.1 Å². The van der Waals surface area contributed by atoms with Crippen molar-refractivity contribution in [1.29, 1.82) is 0 Å². The number of hydrogen-bond donors (Lipinski definition) is 3. The maximum Gasteiger partial charge on any atom is 0.408 e. The van der Waals surface area contributed by atoms with Crippen molar-refractivity contribution in [1.82, 2.24) is 10.6 Å². The zero-order chi connectivity index (χ0) is 16.5. The number of nitrogens with one attached hydrogen (secondary N) is 2. The fourth-order valence-corrected chi connectivity index (χ4v) is 1.84. The number of carbonyl (C=O) groups is 3. The first-order chi connectivity index (χ1) is 9.65. The molecule has 0 aliphatic carbocycles. The van der Waals surface area contributed by atoms with E-state index >= 15 is 0 Å². The first kappa shape index (κ1) is 19.6. The van der Waals surface area contributed by atoms with Crippen LogP contribution in [0.3, 0.4) is 0 Å². The summed E-state index contributed by atoms with van der Waals surface area (Å²) < 4.78 is 5.11. The molecule has 0 aliphatic heterocycles. The maximum absolute atomic E-state index is 11.9. The van der Waals surface area contributed by atoms with Crippen LogP contribution in [0, 0.1) is 0 Å². The number of amides is 2. The average Bonchev–Trinajstić information content (AvgIpc) is 2.31. The van der Waals surface area contributed by atoms with Crippen LogP contribution in [0.5, 0.6) is 0 Å². The quantitative estimate of drug-likeness (QED) is 0.621. The van der Waals surface area contributed by atoms with E-state index in [-0.39, 0.29) is 13.0 Å². The molecule has 8 heteroatoms. The number of rotatable bonds is 8. The van der Waals surface area contributed by atoms with Crippen molar-refractivity contribution >= 4 is 29.7 Å². The summed E-state index contributed by atoms with van der Waals surface area (Å²) >= 11 is 1.55. The Balaban J connectivity index is 4.45. The van der Waals surface area contributed by atoms with E-state index in [2.05, 4.69) is 10.6 Å². The third-order valence-corrected chi connectivity index (χ3v) is 2.90. The van der Waals surface area contributed by atoms with Crippen LogP contribution in [0.1, 0.15) is 33.6 Å². The molecule has 3 N–H and O–H groups in total.